The van der Waals surface area contributed by atoms with E-state index in [4.69, 9.17) is 0 Å². The lowest BCUT2D eigenvalue weighted by Crippen LogP contribution is -2.14. The van der Waals surface area contributed by atoms with Crippen LogP contribution in [0, 0.1) is 5.82 Å². The van der Waals surface area contributed by atoms with E-state index in [1.807, 2.05) is 0 Å². The minimum absolute atomic E-state index is 0.0500. The first-order valence-corrected chi connectivity index (χ1v) is 9.75. The summed E-state index contributed by atoms with van der Waals surface area (Å²) in [5, 5.41) is 10.8. The maximum atomic E-state index is 13.8. The molecule has 0 unspecified atom stereocenters. The Morgan fingerprint density at radius 2 is 1.97 bits per heavy atom. The predicted molar refractivity (Wildman–Crippen MR) is 106 cm³/mol. The van der Waals surface area contributed by atoms with Crippen molar-refractivity contribution in [3.63, 3.8) is 0 Å². The van der Waals surface area contributed by atoms with Crippen LogP contribution in [0.3, 0.4) is 0 Å². The zero-order chi connectivity index (χ0) is 21.5. The number of benzene rings is 1. The zero-order valence-electron chi connectivity index (χ0n) is 16.2. The molecule has 0 atom stereocenters. The highest BCUT2D eigenvalue weighted by atomic mass is 19.3. The number of fused-ring (bicyclic) bond motifs is 1. The Balaban J connectivity index is 1.36. The first-order valence-electron chi connectivity index (χ1n) is 9.75. The van der Waals surface area contributed by atoms with Gasteiger partial charge in [-0.2, -0.15) is 10.2 Å². The highest BCUT2D eigenvalue weighted by Gasteiger charge is 2.28. The van der Waals surface area contributed by atoms with E-state index in [-0.39, 0.29) is 41.1 Å². The topological polar surface area (TPSA) is 77.1 Å². The minimum atomic E-state index is -2.74. The first-order chi connectivity index (χ1) is 15.0. The van der Waals surface area contributed by atoms with Crippen LogP contribution in [0.15, 0.2) is 48.7 Å². The molecular formula is C21H17F3N6O. The lowest BCUT2D eigenvalue weighted by Gasteiger charge is -2.06. The number of hydrogen-bond acceptors (Lipinski definition) is 4. The molecule has 1 aromatic carbocycles. The smallest absolute Gasteiger partial charge is 0.280 e. The molecule has 0 saturated heterocycles. The van der Waals surface area contributed by atoms with Crippen molar-refractivity contribution < 1.29 is 18.0 Å². The Kier molecular flexibility index (Phi) is 4.68. The van der Waals surface area contributed by atoms with Gasteiger partial charge in [-0.3, -0.25) is 9.48 Å². The van der Waals surface area contributed by atoms with Gasteiger partial charge in [0.25, 0.3) is 12.3 Å². The summed E-state index contributed by atoms with van der Waals surface area (Å²) in [4.78, 5) is 17.0. The summed E-state index contributed by atoms with van der Waals surface area (Å²) in [5.41, 5.74) is 0.920. The molecule has 0 radical (unpaired) electrons. The van der Waals surface area contributed by atoms with Gasteiger partial charge in [0.15, 0.2) is 17.2 Å². The lowest BCUT2D eigenvalue weighted by atomic mass is 10.2. The average Bonchev–Trinajstić information content (AvgIpc) is 3.36. The minimum Gasteiger partial charge on any atom is -0.304 e. The number of amides is 1. The highest BCUT2D eigenvalue weighted by Crippen LogP contribution is 2.40. The van der Waals surface area contributed by atoms with Gasteiger partial charge in [-0.25, -0.2) is 22.7 Å². The third-order valence-corrected chi connectivity index (χ3v) is 5.10. The summed E-state index contributed by atoms with van der Waals surface area (Å²) in [6.45, 7) is 0.197. The molecule has 3 aromatic heterocycles. The summed E-state index contributed by atoms with van der Waals surface area (Å²) in [6, 6.07) is 10.6. The van der Waals surface area contributed by atoms with E-state index in [1.54, 1.807) is 30.5 Å². The van der Waals surface area contributed by atoms with E-state index < -0.39 is 12.3 Å². The van der Waals surface area contributed by atoms with Crippen molar-refractivity contribution in [3.05, 3.63) is 77.1 Å². The number of nitrogens with zero attached hydrogens (tertiary/aromatic N) is 5. The average molecular weight is 426 g/mol. The van der Waals surface area contributed by atoms with Crippen molar-refractivity contribution in [3.8, 4) is 0 Å². The number of hydrogen-bond donors (Lipinski definition) is 1. The SMILES string of the molecule is O=C(Nc1ccn(Cc2ccccc2F)n1)c1cc2nc(C3CC3)cc(C(F)F)n2n1. The summed E-state index contributed by atoms with van der Waals surface area (Å²) in [7, 11) is 0. The molecule has 31 heavy (non-hydrogen) atoms. The molecule has 1 aliphatic carbocycles. The van der Waals surface area contributed by atoms with Gasteiger partial charge in [0.1, 0.15) is 11.5 Å². The molecule has 5 rings (SSSR count). The number of rotatable bonds is 6. The Morgan fingerprint density at radius 3 is 2.71 bits per heavy atom. The van der Waals surface area contributed by atoms with Crippen LogP contribution in [0.1, 0.15) is 52.6 Å². The zero-order valence-corrected chi connectivity index (χ0v) is 16.2. The van der Waals surface area contributed by atoms with Crippen LogP contribution in [0.4, 0.5) is 19.0 Å². The Labute approximate surface area is 174 Å². The number of aromatic nitrogens is 5. The maximum Gasteiger partial charge on any atom is 0.280 e. The van der Waals surface area contributed by atoms with E-state index in [0.29, 0.717) is 11.3 Å². The van der Waals surface area contributed by atoms with Gasteiger partial charge in [0, 0.05) is 35.5 Å². The van der Waals surface area contributed by atoms with Crippen LogP contribution in [-0.4, -0.2) is 30.3 Å². The first kappa shape index (κ1) is 19.3. The maximum absolute atomic E-state index is 13.8. The fraction of sp³-hybridized carbons (Fsp3) is 0.238. The molecule has 158 valence electrons. The second kappa shape index (κ2) is 7.53. The van der Waals surface area contributed by atoms with Crippen LogP contribution in [0.5, 0.6) is 0 Å². The van der Waals surface area contributed by atoms with Gasteiger partial charge in [0.05, 0.1) is 6.54 Å². The van der Waals surface area contributed by atoms with Gasteiger partial charge in [-0.1, -0.05) is 18.2 Å². The van der Waals surface area contributed by atoms with Crippen molar-refractivity contribution in [1.82, 2.24) is 24.4 Å². The van der Waals surface area contributed by atoms with E-state index in [9.17, 15) is 18.0 Å². The second-order valence-corrected chi connectivity index (χ2v) is 7.42. The van der Waals surface area contributed by atoms with Gasteiger partial charge < -0.3 is 5.32 Å². The fourth-order valence-corrected chi connectivity index (χ4v) is 3.37. The Hall–Kier alpha value is -3.69. The number of carbonyl (C=O) groups excluding carboxylic acids is 1. The van der Waals surface area contributed by atoms with Gasteiger partial charge in [-0.05, 0) is 25.0 Å². The summed E-state index contributed by atoms with van der Waals surface area (Å²) in [6.07, 6.45) is 0.698. The molecule has 7 nitrogen and oxygen atoms in total. The number of nitrogens with one attached hydrogen (secondary N) is 1. The quantitative estimate of drug-likeness (QED) is 0.502. The third-order valence-electron chi connectivity index (χ3n) is 5.10. The van der Waals surface area contributed by atoms with E-state index in [1.165, 1.54) is 22.9 Å². The number of halogens is 3. The van der Waals surface area contributed by atoms with Crippen LogP contribution >= 0.6 is 0 Å². The normalized spacial score (nSPS) is 13.8. The standard InChI is InChI=1S/C21H17F3N6O/c22-14-4-2-1-3-13(14)11-29-8-7-18(28-29)26-21(31)16-10-19-25-15(12-5-6-12)9-17(20(23)24)30(19)27-16/h1-4,7-10,12,20H,5-6,11H2,(H,26,28,31). The van der Waals surface area contributed by atoms with E-state index in [0.717, 1.165) is 17.4 Å². The highest BCUT2D eigenvalue weighted by molar-refractivity contribution is 6.02. The molecule has 0 aliphatic heterocycles. The van der Waals surface area contributed by atoms with Crippen LogP contribution in [-0.2, 0) is 6.54 Å². The van der Waals surface area contributed by atoms with Crippen molar-refractivity contribution >= 4 is 17.4 Å². The van der Waals surface area contributed by atoms with Gasteiger partial charge in [0.2, 0.25) is 0 Å². The molecule has 1 aliphatic rings. The molecule has 4 aromatic rings. The molecule has 0 spiro atoms. The summed E-state index contributed by atoms with van der Waals surface area (Å²) >= 11 is 0. The van der Waals surface area contributed by atoms with E-state index >= 15 is 0 Å². The van der Waals surface area contributed by atoms with E-state index in [2.05, 4.69) is 20.5 Å². The van der Waals surface area contributed by atoms with Crippen molar-refractivity contribution in [2.45, 2.75) is 31.7 Å². The van der Waals surface area contributed by atoms with Crippen LogP contribution in [0.2, 0.25) is 0 Å². The molecule has 1 saturated carbocycles. The lowest BCUT2D eigenvalue weighted by molar-refractivity contribution is 0.102. The monoisotopic (exact) mass is 426 g/mol. The Morgan fingerprint density at radius 1 is 1.16 bits per heavy atom. The molecule has 1 fully saturated rings. The largest absolute Gasteiger partial charge is 0.304 e. The predicted octanol–water partition coefficient (Wildman–Crippen LogP) is 4.18. The second-order valence-electron chi connectivity index (χ2n) is 7.42. The molecular weight excluding hydrogens is 409 g/mol. The Bertz CT molecular complexity index is 1280. The summed E-state index contributed by atoms with van der Waals surface area (Å²) < 4.78 is 43.3. The molecule has 1 N–H and O–H groups in total. The fourth-order valence-electron chi connectivity index (χ4n) is 3.37. The third kappa shape index (κ3) is 3.88. The number of anilines is 1. The molecule has 1 amide bonds. The molecule has 3 heterocycles. The van der Waals surface area contributed by atoms with Crippen LogP contribution < -0.4 is 5.32 Å². The van der Waals surface area contributed by atoms with Crippen molar-refractivity contribution in [2.75, 3.05) is 5.32 Å². The number of carbonyl (C=O) groups is 1. The summed E-state index contributed by atoms with van der Waals surface area (Å²) in [5.74, 6) is -0.525. The van der Waals surface area contributed by atoms with Gasteiger partial charge in [-0.15, -0.1) is 0 Å². The van der Waals surface area contributed by atoms with Crippen LogP contribution in [0.25, 0.3) is 5.65 Å². The van der Waals surface area contributed by atoms with Crippen molar-refractivity contribution in [2.24, 2.45) is 0 Å². The van der Waals surface area contributed by atoms with Crippen molar-refractivity contribution in [1.29, 1.82) is 0 Å². The number of alkyl halides is 2. The molecule has 10 heteroatoms. The van der Waals surface area contributed by atoms with Gasteiger partial charge >= 0.3 is 0 Å². The molecule has 0 bridgehead atoms.